The number of hydrogen-bond acceptors (Lipinski definition) is 9. The Morgan fingerprint density at radius 3 is 1.51 bits per heavy atom. The van der Waals surface area contributed by atoms with Crippen molar-refractivity contribution in [3.05, 3.63) is 141 Å². The predicted octanol–water partition coefficient (Wildman–Crippen LogP) is 8.06. The van der Waals surface area contributed by atoms with Crippen LogP contribution in [-0.2, 0) is 0 Å². The van der Waals surface area contributed by atoms with E-state index in [9.17, 15) is 30.1 Å². The van der Waals surface area contributed by atoms with Gasteiger partial charge in [0.05, 0.1) is 38.6 Å². The lowest BCUT2D eigenvalue weighted by Crippen LogP contribution is -2.02. The molecule has 12 nitrogen and oxygen atoms in total. The number of carboxylic acids is 1. The van der Waals surface area contributed by atoms with Gasteiger partial charge in [-0.05, 0) is 54.6 Å². The molecule has 0 amide bonds. The van der Waals surface area contributed by atoms with Crippen molar-refractivity contribution in [1.82, 2.24) is 9.97 Å². The molecule has 0 saturated carbocycles. The molecule has 45 heavy (non-hydrogen) atoms. The quantitative estimate of drug-likeness (QED) is 0.126. The second-order valence-corrected chi connectivity index (χ2v) is 9.63. The van der Waals surface area contributed by atoms with Crippen molar-refractivity contribution in [1.29, 1.82) is 0 Å². The van der Waals surface area contributed by atoms with Crippen LogP contribution in [0.2, 0.25) is 0 Å². The molecule has 0 unspecified atom stereocenters. The highest BCUT2D eigenvalue weighted by molar-refractivity contribution is 5.95. The van der Waals surface area contributed by atoms with Gasteiger partial charge in [-0.1, -0.05) is 36.4 Å². The molecular weight excluding hydrogens is 580 g/mol. The summed E-state index contributed by atoms with van der Waals surface area (Å²) in [5.41, 5.74) is 1.05. The number of rotatable bonds is 9. The third kappa shape index (κ3) is 5.96. The van der Waals surface area contributed by atoms with Crippen LogP contribution in [0.25, 0.3) is 33.5 Å². The Morgan fingerprint density at radius 2 is 1.07 bits per heavy atom. The summed E-state index contributed by atoms with van der Waals surface area (Å²) in [5.74, 6) is -0.191. The fraction of sp³-hybridized carbons (Fsp3) is 0. The smallest absolute Gasteiger partial charge is 0.335 e. The number of benzene rings is 5. The molecule has 220 valence electrons. The van der Waals surface area contributed by atoms with Gasteiger partial charge in [-0.3, -0.25) is 20.2 Å². The maximum absolute atomic E-state index is 11.7. The first-order valence-electron chi connectivity index (χ1n) is 13.4. The average Bonchev–Trinajstić information content (AvgIpc) is 3.04. The topological polar surface area (TPSA) is 168 Å². The zero-order valence-corrected chi connectivity index (χ0v) is 23.1. The van der Waals surface area contributed by atoms with E-state index in [4.69, 9.17) is 19.4 Å². The number of fused-ring (bicyclic) bond motifs is 1. The van der Waals surface area contributed by atoms with Gasteiger partial charge in [0, 0.05) is 23.3 Å². The summed E-state index contributed by atoms with van der Waals surface area (Å²) in [5, 5.41) is 33.0. The van der Waals surface area contributed by atoms with Crippen molar-refractivity contribution >= 4 is 28.4 Å². The van der Waals surface area contributed by atoms with E-state index in [1.54, 1.807) is 60.7 Å². The normalized spacial score (nSPS) is 10.8. The van der Waals surface area contributed by atoms with Crippen LogP contribution in [0.1, 0.15) is 10.4 Å². The van der Waals surface area contributed by atoms with Crippen LogP contribution in [0.4, 0.5) is 11.4 Å². The number of para-hydroxylation sites is 2. The molecule has 5 aromatic carbocycles. The van der Waals surface area contributed by atoms with Crippen LogP contribution in [0, 0.1) is 20.2 Å². The van der Waals surface area contributed by atoms with E-state index in [1.165, 1.54) is 54.6 Å². The second kappa shape index (κ2) is 11.9. The lowest BCUT2D eigenvalue weighted by Gasteiger charge is -2.17. The van der Waals surface area contributed by atoms with Gasteiger partial charge < -0.3 is 14.6 Å². The number of carbonyl (C=O) groups is 1. The van der Waals surface area contributed by atoms with Gasteiger partial charge in [0.25, 0.3) is 11.4 Å². The highest BCUT2D eigenvalue weighted by Crippen LogP contribution is 2.43. The second-order valence-electron chi connectivity index (χ2n) is 9.63. The third-order valence-corrected chi connectivity index (χ3v) is 6.72. The lowest BCUT2D eigenvalue weighted by atomic mass is 10.0. The van der Waals surface area contributed by atoms with E-state index in [1.807, 2.05) is 0 Å². The molecular formula is C33H20N4O8. The predicted molar refractivity (Wildman–Crippen MR) is 164 cm³/mol. The van der Waals surface area contributed by atoms with Crippen LogP contribution < -0.4 is 9.47 Å². The van der Waals surface area contributed by atoms with Crippen molar-refractivity contribution in [3.8, 4) is 45.5 Å². The minimum atomic E-state index is -1.17. The Bertz CT molecular complexity index is 2100. The number of nitrogens with zero attached hydrogens (tertiary/aromatic N) is 4. The fourth-order valence-electron chi connectivity index (χ4n) is 4.60. The van der Waals surface area contributed by atoms with Crippen LogP contribution in [0.3, 0.4) is 0 Å². The molecule has 0 radical (unpaired) electrons. The third-order valence-electron chi connectivity index (χ3n) is 6.72. The molecule has 1 N–H and O–H groups in total. The molecule has 0 atom stereocenters. The Hall–Kier alpha value is -6.69. The average molecular weight is 601 g/mol. The molecule has 1 heterocycles. The first-order valence-corrected chi connectivity index (χ1v) is 13.4. The standard InChI is InChI=1S/C33H20N4O8/c38-33(39)20-11-16-27-28(17-20)35-32(26-15-13-22(37(42)43)19-30(26)45-24-9-5-2-6-10-24)31(34-27)25-14-12-21(36(40)41)18-29(25)44-23-7-3-1-4-8-23/h1-19H,(H,38,39). The Balaban J connectivity index is 1.64. The van der Waals surface area contributed by atoms with Gasteiger partial charge in [-0.15, -0.1) is 0 Å². The summed E-state index contributed by atoms with van der Waals surface area (Å²) in [7, 11) is 0. The van der Waals surface area contributed by atoms with Gasteiger partial charge in [0.1, 0.15) is 34.4 Å². The first-order chi connectivity index (χ1) is 21.8. The Kier molecular flexibility index (Phi) is 7.51. The summed E-state index contributed by atoms with van der Waals surface area (Å²) < 4.78 is 12.2. The number of carboxylic acid groups (broad SMARTS) is 1. The molecule has 0 aliphatic heterocycles. The van der Waals surface area contributed by atoms with Crippen molar-refractivity contribution in [3.63, 3.8) is 0 Å². The molecule has 6 aromatic rings. The van der Waals surface area contributed by atoms with Crippen LogP contribution in [0.15, 0.2) is 115 Å². The molecule has 12 heteroatoms. The van der Waals surface area contributed by atoms with Crippen LogP contribution in [0.5, 0.6) is 23.0 Å². The largest absolute Gasteiger partial charge is 0.478 e. The maximum Gasteiger partial charge on any atom is 0.335 e. The molecule has 0 aliphatic carbocycles. The van der Waals surface area contributed by atoms with Crippen LogP contribution in [-0.4, -0.2) is 30.9 Å². The van der Waals surface area contributed by atoms with Crippen molar-refractivity contribution in [2.75, 3.05) is 0 Å². The van der Waals surface area contributed by atoms with Gasteiger partial charge in [0.2, 0.25) is 0 Å². The summed E-state index contributed by atoms with van der Waals surface area (Å²) in [6.07, 6.45) is 0. The van der Waals surface area contributed by atoms with Gasteiger partial charge >= 0.3 is 5.97 Å². The highest BCUT2D eigenvalue weighted by atomic mass is 16.6. The molecule has 1 aromatic heterocycles. The van der Waals surface area contributed by atoms with E-state index in [2.05, 4.69) is 0 Å². The highest BCUT2D eigenvalue weighted by Gasteiger charge is 2.24. The molecule has 0 spiro atoms. The molecule has 0 aliphatic rings. The first kappa shape index (κ1) is 28.4. The summed E-state index contributed by atoms with van der Waals surface area (Å²) >= 11 is 0. The number of aromatic carboxylic acids is 1. The molecule has 0 fully saturated rings. The minimum absolute atomic E-state index is 0.0246. The van der Waals surface area contributed by atoms with Crippen molar-refractivity contribution in [2.24, 2.45) is 0 Å². The van der Waals surface area contributed by atoms with E-state index in [0.717, 1.165) is 0 Å². The molecule has 0 saturated heterocycles. The van der Waals surface area contributed by atoms with E-state index < -0.39 is 15.8 Å². The van der Waals surface area contributed by atoms with Crippen LogP contribution >= 0.6 is 0 Å². The number of aromatic nitrogens is 2. The minimum Gasteiger partial charge on any atom is -0.478 e. The van der Waals surface area contributed by atoms with Crippen molar-refractivity contribution < 1.29 is 29.2 Å². The Morgan fingerprint density at radius 1 is 0.600 bits per heavy atom. The molecule has 0 bridgehead atoms. The number of nitro benzene ring substituents is 2. The van der Waals surface area contributed by atoms with E-state index >= 15 is 0 Å². The van der Waals surface area contributed by atoms with E-state index in [0.29, 0.717) is 28.1 Å². The summed E-state index contributed by atoms with van der Waals surface area (Å²) in [6, 6.07) is 29.6. The summed E-state index contributed by atoms with van der Waals surface area (Å²) in [4.78, 5) is 43.7. The number of nitro groups is 2. The zero-order valence-electron chi connectivity index (χ0n) is 23.1. The number of hydrogen-bond donors (Lipinski definition) is 1. The number of non-ortho nitro benzene ring substituents is 2. The van der Waals surface area contributed by atoms with Gasteiger partial charge in [0.15, 0.2) is 0 Å². The lowest BCUT2D eigenvalue weighted by molar-refractivity contribution is -0.385. The zero-order chi connectivity index (χ0) is 31.5. The summed E-state index contributed by atoms with van der Waals surface area (Å²) in [6.45, 7) is 0. The molecule has 6 rings (SSSR count). The number of ether oxygens (including phenoxy) is 2. The van der Waals surface area contributed by atoms with Gasteiger partial charge in [-0.2, -0.15) is 0 Å². The monoisotopic (exact) mass is 600 g/mol. The van der Waals surface area contributed by atoms with E-state index in [-0.39, 0.29) is 45.3 Å². The van der Waals surface area contributed by atoms with Gasteiger partial charge in [-0.25, -0.2) is 14.8 Å². The SMILES string of the molecule is O=C(O)c1ccc2nc(-c3ccc([N+](=O)[O-])cc3Oc3ccccc3)c(-c3ccc([N+](=O)[O-])cc3Oc3ccccc3)nc2c1. The Labute approximate surface area is 254 Å². The fourth-order valence-corrected chi connectivity index (χ4v) is 4.60. The van der Waals surface area contributed by atoms with Crippen molar-refractivity contribution in [2.45, 2.75) is 0 Å². The maximum atomic E-state index is 11.7.